The van der Waals surface area contributed by atoms with Crippen molar-refractivity contribution in [1.29, 1.82) is 0 Å². The van der Waals surface area contributed by atoms with E-state index >= 15 is 0 Å². The second-order valence-corrected chi connectivity index (χ2v) is 9.03. The monoisotopic (exact) mass is 460 g/mol. The first-order valence-corrected chi connectivity index (χ1v) is 12.1. The van der Waals surface area contributed by atoms with Gasteiger partial charge in [-0.3, -0.25) is 14.5 Å². The molecule has 0 aliphatic carbocycles. The summed E-state index contributed by atoms with van der Waals surface area (Å²) in [5, 5.41) is 7.63. The van der Waals surface area contributed by atoms with E-state index in [1.54, 1.807) is 24.4 Å². The highest BCUT2D eigenvalue weighted by Crippen LogP contribution is 2.33. The number of pyridine rings is 1. The second kappa shape index (κ2) is 9.75. The molecule has 1 aromatic carbocycles. The van der Waals surface area contributed by atoms with Gasteiger partial charge in [0.1, 0.15) is 5.82 Å². The molecule has 1 N–H and O–H groups in total. The van der Waals surface area contributed by atoms with Crippen LogP contribution < -0.4 is 10.2 Å². The van der Waals surface area contributed by atoms with E-state index < -0.39 is 0 Å². The molecule has 3 aromatic rings. The second-order valence-electron chi connectivity index (χ2n) is 9.03. The third kappa shape index (κ3) is 4.85. The number of hydrogen-bond donors (Lipinski definition) is 1. The molecule has 1 amide bonds. The molecule has 2 aromatic heterocycles. The average molecular weight is 461 g/mol. The van der Waals surface area contributed by atoms with Crippen molar-refractivity contribution in [2.45, 2.75) is 58.4 Å². The zero-order valence-electron chi connectivity index (χ0n) is 19.4. The molecule has 0 spiro atoms. The number of carbonyl (C=O) groups excluding carboxylic acids is 1. The van der Waals surface area contributed by atoms with Crippen LogP contribution in [0.15, 0.2) is 47.7 Å². The van der Waals surface area contributed by atoms with Crippen LogP contribution in [0.1, 0.15) is 61.0 Å². The minimum absolute atomic E-state index is 0.324. The number of halogens is 1. The lowest BCUT2D eigenvalue weighted by atomic mass is 10.1. The zero-order valence-corrected chi connectivity index (χ0v) is 19.4. The first kappa shape index (κ1) is 22.3. The number of aryl methyl sites for hydroxylation is 2. The number of aromatic nitrogens is 3. The van der Waals surface area contributed by atoms with Crippen molar-refractivity contribution in [2.24, 2.45) is 4.99 Å². The largest absolute Gasteiger partial charge is 0.324 e. The molecule has 8 heteroatoms. The molecule has 0 fully saturated rings. The zero-order chi connectivity index (χ0) is 23.5. The number of guanidine groups is 1. The van der Waals surface area contributed by atoms with Gasteiger partial charge in [0.2, 0.25) is 5.96 Å². The molecule has 4 heterocycles. The van der Waals surface area contributed by atoms with Crippen molar-refractivity contribution in [3.05, 3.63) is 59.8 Å². The van der Waals surface area contributed by atoms with Gasteiger partial charge in [-0.25, -0.2) is 4.39 Å². The Balaban J connectivity index is 1.50. The van der Waals surface area contributed by atoms with E-state index in [1.807, 2.05) is 22.7 Å². The molecule has 2 aliphatic heterocycles. The highest BCUT2D eigenvalue weighted by molar-refractivity contribution is 6.19. The Kier molecular flexibility index (Phi) is 6.38. The van der Waals surface area contributed by atoms with Crippen molar-refractivity contribution in [1.82, 2.24) is 14.8 Å². The molecule has 0 unspecified atom stereocenters. The van der Waals surface area contributed by atoms with Gasteiger partial charge in [0.25, 0.3) is 5.91 Å². The Morgan fingerprint density at radius 1 is 0.941 bits per heavy atom. The van der Waals surface area contributed by atoms with Crippen LogP contribution in [0.5, 0.6) is 0 Å². The maximum atomic E-state index is 13.8. The molecule has 0 saturated carbocycles. The average Bonchev–Trinajstić information content (AvgIpc) is 3.41. The van der Waals surface area contributed by atoms with Gasteiger partial charge in [-0.1, -0.05) is 32.1 Å². The summed E-state index contributed by atoms with van der Waals surface area (Å²) in [5.74, 6) is -0.250. The van der Waals surface area contributed by atoms with Gasteiger partial charge in [0, 0.05) is 36.1 Å². The number of nitrogens with zero attached hydrogens (tertiary/aromatic N) is 5. The third-order valence-electron chi connectivity index (χ3n) is 6.36. The molecular formula is C26H29FN6O. The fraction of sp³-hybridized carbons (Fsp3) is 0.385. The quantitative estimate of drug-likeness (QED) is 0.475. The van der Waals surface area contributed by atoms with Crippen LogP contribution in [0.3, 0.4) is 0 Å². The Hall–Kier alpha value is -3.55. The Bertz CT molecular complexity index is 1230. The van der Waals surface area contributed by atoms with Gasteiger partial charge in [0.05, 0.1) is 23.3 Å². The Morgan fingerprint density at radius 3 is 2.53 bits per heavy atom. The highest BCUT2D eigenvalue weighted by atomic mass is 19.1. The predicted octanol–water partition coefficient (Wildman–Crippen LogP) is 5.57. The third-order valence-corrected chi connectivity index (χ3v) is 6.36. The minimum Gasteiger partial charge on any atom is -0.324 e. The summed E-state index contributed by atoms with van der Waals surface area (Å²) in [7, 11) is 0. The molecule has 2 aliphatic rings. The Labute approximate surface area is 198 Å². The predicted molar refractivity (Wildman–Crippen MR) is 132 cm³/mol. The normalized spacial score (nSPS) is 18.6. The molecule has 4 bridgehead atoms. The number of hydrogen-bond acceptors (Lipinski definition) is 5. The lowest BCUT2D eigenvalue weighted by Crippen LogP contribution is -2.32. The van der Waals surface area contributed by atoms with Crippen molar-refractivity contribution >= 4 is 23.2 Å². The number of aliphatic imine (C=N–C) groups is 1. The molecule has 176 valence electrons. The van der Waals surface area contributed by atoms with Crippen LogP contribution in [-0.2, 0) is 6.54 Å². The Morgan fingerprint density at radius 2 is 1.71 bits per heavy atom. The fourth-order valence-corrected chi connectivity index (χ4v) is 4.61. The number of fused-ring (bicyclic) bond motifs is 8. The summed E-state index contributed by atoms with van der Waals surface area (Å²) in [6.07, 6.45) is 11.7. The van der Waals surface area contributed by atoms with E-state index in [0.29, 0.717) is 22.9 Å². The number of rotatable bonds is 0. The van der Waals surface area contributed by atoms with Crippen molar-refractivity contribution in [2.75, 3.05) is 16.8 Å². The molecule has 0 radical (unpaired) electrons. The number of carbonyl (C=O) groups is 1. The molecule has 0 saturated heterocycles. The van der Waals surface area contributed by atoms with E-state index in [2.05, 4.69) is 20.4 Å². The minimum atomic E-state index is -0.363. The summed E-state index contributed by atoms with van der Waals surface area (Å²) >= 11 is 0. The van der Waals surface area contributed by atoms with E-state index in [1.165, 1.54) is 37.8 Å². The molecule has 0 atom stereocenters. The number of anilines is 2. The number of amides is 1. The van der Waals surface area contributed by atoms with Crippen LogP contribution in [0.2, 0.25) is 0 Å². The van der Waals surface area contributed by atoms with Crippen LogP contribution in [0, 0.1) is 12.7 Å². The smallest absolute Gasteiger partial charge is 0.280 e. The van der Waals surface area contributed by atoms with E-state index in [0.717, 1.165) is 49.3 Å². The van der Waals surface area contributed by atoms with Gasteiger partial charge >= 0.3 is 0 Å². The fourth-order valence-electron chi connectivity index (χ4n) is 4.61. The lowest BCUT2D eigenvalue weighted by Gasteiger charge is -2.18. The summed E-state index contributed by atoms with van der Waals surface area (Å²) in [6, 6.07) is 8.14. The maximum Gasteiger partial charge on any atom is 0.280 e. The summed E-state index contributed by atoms with van der Waals surface area (Å²) < 4.78 is 15.8. The van der Waals surface area contributed by atoms with E-state index in [9.17, 15) is 9.18 Å². The summed E-state index contributed by atoms with van der Waals surface area (Å²) in [5.41, 5.74) is 4.26. The first-order valence-electron chi connectivity index (χ1n) is 12.1. The van der Waals surface area contributed by atoms with Crippen LogP contribution in [0.4, 0.5) is 15.8 Å². The van der Waals surface area contributed by atoms with Gasteiger partial charge < -0.3 is 10.2 Å². The van der Waals surface area contributed by atoms with Crippen molar-refractivity contribution in [3.8, 4) is 11.3 Å². The molecular weight excluding hydrogens is 431 g/mol. The van der Waals surface area contributed by atoms with Crippen LogP contribution in [-0.4, -0.2) is 33.2 Å². The first-order chi connectivity index (χ1) is 16.6. The number of nitrogens with one attached hydrogen (secondary N) is 1. The van der Waals surface area contributed by atoms with E-state index in [-0.39, 0.29) is 11.7 Å². The van der Waals surface area contributed by atoms with Crippen LogP contribution in [0.25, 0.3) is 11.3 Å². The topological polar surface area (TPSA) is 75.4 Å². The van der Waals surface area contributed by atoms with Gasteiger partial charge in [0.15, 0.2) is 0 Å². The summed E-state index contributed by atoms with van der Waals surface area (Å²) in [4.78, 5) is 24.2. The van der Waals surface area contributed by atoms with E-state index in [4.69, 9.17) is 0 Å². The number of benzene rings is 1. The van der Waals surface area contributed by atoms with Gasteiger partial charge in [-0.05, 0) is 50.1 Å². The van der Waals surface area contributed by atoms with Crippen molar-refractivity contribution in [3.63, 3.8) is 0 Å². The standard InChI is InChI=1S/C26H29FN6O/c1-18-13-19-14-22(29-18)20-16-28-32(17-20)11-7-5-3-2-4-6-8-12-33-24-10-9-21(27)15-23(24)30-26(33)31-25(19)34/h9-10,13-17H,2-8,11-12H2,1H3,(H,30,31,34). The lowest BCUT2D eigenvalue weighted by molar-refractivity contribution is 0.100. The molecule has 7 nitrogen and oxygen atoms in total. The van der Waals surface area contributed by atoms with Crippen LogP contribution >= 0.6 is 0 Å². The van der Waals surface area contributed by atoms with Crippen molar-refractivity contribution < 1.29 is 9.18 Å². The molecule has 34 heavy (non-hydrogen) atoms. The SMILES string of the molecule is Cc1cc2cc(n1)-c1cnn(c1)CCCCCCCCCN1/C(=N/C2=O)Nc2cc(F)ccc21. The maximum absolute atomic E-state index is 13.8. The van der Waals surface area contributed by atoms with Gasteiger partial charge in [-0.15, -0.1) is 0 Å². The molecule has 5 rings (SSSR count). The van der Waals surface area contributed by atoms with Gasteiger partial charge in [-0.2, -0.15) is 10.1 Å². The highest BCUT2D eigenvalue weighted by Gasteiger charge is 2.26. The summed E-state index contributed by atoms with van der Waals surface area (Å²) in [6.45, 7) is 3.47.